The van der Waals surface area contributed by atoms with E-state index in [1.807, 2.05) is 6.07 Å². The summed E-state index contributed by atoms with van der Waals surface area (Å²) in [5.74, 6) is 0. The fourth-order valence-electron chi connectivity index (χ4n) is 4.48. The van der Waals surface area contributed by atoms with Gasteiger partial charge in [-0.05, 0) is 24.2 Å². The van der Waals surface area contributed by atoms with Crippen molar-refractivity contribution in [2.45, 2.75) is 19.5 Å². The largest absolute Gasteiger partial charge is 0.304 e. The smallest absolute Gasteiger partial charge is 0.279 e. The molecule has 8 nitrogen and oxygen atoms in total. The van der Waals surface area contributed by atoms with Gasteiger partial charge in [-0.15, -0.1) is 11.3 Å². The molecule has 0 atom stereocenters. The molecule has 0 bridgehead atoms. The summed E-state index contributed by atoms with van der Waals surface area (Å²) in [5.41, 5.74) is 8.26. The number of piperazine rings is 1. The number of aromatic amines is 1. The minimum absolute atomic E-state index is 0.271. The van der Waals surface area contributed by atoms with E-state index >= 15 is 0 Å². The Hall–Kier alpha value is -2.08. The summed E-state index contributed by atoms with van der Waals surface area (Å²) in [6.07, 6.45) is 0.867. The Morgan fingerprint density at radius 3 is 2.73 bits per heavy atom. The summed E-state index contributed by atoms with van der Waals surface area (Å²) in [5, 5.41) is 9.90. The number of nitrogens with zero attached hydrogens (tertiary/aromatic N) is 4. The predicted octanol–water partition coefficient (Wildman–Crippen LogP) is 2.35. The van der Waals surface area contributed by atoms with Crippen LogP contribution in [0.25, 0.3) is 22.5 Å². The van der Waals surface area contributed by atoms with Crippen molar-refractivity contribution in [1.82, 2.24) is 29.0 Å². The fraction of sp³-hybridized carbons (Fsp3) is 0.435. The van der Waals surface area contributed by atoms with Crippen LogP contribution < -0.4 is 4.72 Å². The van der Waals surface area contributed by atoms with Gasteiger partial charge >= 0.3 is 0 Å². The first-order valence-electron chi connectivity index (χ1n) is 11.2. The Morgan fingerprint density at radius 1 is 1.18 bits per heavy atom. The summed E-state index contributed by atoms with van der Waals surface area (Å²) >= 11 is 1.54. The number of rotatable bonds is 7. The van der Waals surface area contributed by atoms with Gasteiger partial charge in [0.25, 0.3) is 10.2 Å². The lowest BCUT2D eigenvalue weighted by atomic mass is 10.0. The van der Waals surface area contributed by atoms with Gasteiger partial charge in [-0.1, -0.05) is 18.2 Å². The van der Waals surface area contributed by atoms with Crippen LogP contribution in [0.4, 0.5) is 0 Å². The minimum Gasteiger partial charge on any atom is -0.304 e. The van der Waals surface area contributed by atoms with Crippen LogP contribution in [0.1, 0.15) is 21.6 Å². The van der Waals surface area contributed by atoms with Gasteiger partial charge in [0, 0.05) is 86.7 Å². The zero-order valence-corrected chi connectivity index (χ0v) is 20.9. The van der Waals surface area contributed by atoms with Crippen molar-refractivity contribution in [3.05, 3.63) is 51.2 Å². The Morgan fingerprint density at radius 2 is 1.97 bits per heavy atom. The highest BCUT2D eigenvalue weighted by Crippen LogP contribution is 2.41. The molecule has 3 heterocycles. The van der Waals surface area contributed by atoms with E-state index in [0.29, 0.717) is 0 Å². The molecule has 2 N–H and O–H groups in total. The predicted molar refractivity (Wildman–Crippen MR) is 132 cm³/mol. The molecule has 0 spiro atoms. The highest BCUT2D eigenvalue weighted by Gasteiger charge is 2.26. The second kappa shape index (κ2) is 8.94. The van der Waals surface area contributed by atoms with Gasteiger partial charge < -0.3 is 4.90 Å². The van der Waals surface area contributed by atoms with Crippen LogP contribution in [0.3, 0.4) is 0 Å². The van der Waals surface area contributed by atoms with E-state index in [1.165, 1.54) is 40.7 Å². The standard InChI is InChI=1S/C23H30N6O2S2/c1-27(2)33(30,31)24-13-19-11-18(15-32-19)22-21-12-17-10-16(4-5-20(17)23(21)26-25-22)14-29-8-6-28(3)7-9-29/h4-5,10-11,15,24H,6-9,12-14H2,1-3H3,(H,25,26). The van der Waals surface area contributed by atoms with Gasteiger partial charge in [-0.25, -0.2) is 0 Å². The summed E-state index contributed by atoms with van der Waals surface area (Å²) in [6.45, 7) is 5.76. The maximum absolute atomic E-state index is 12.0. The Bertz CT molecular complexity index is 1260. The monoisotopic (exact) mass is 486 g/mol. The lowest BCUT2D eigenvalue weighted by Crippen LogP contribution is -2.43. The summed E-state index contributed by atoms with van der Waals surface area (Å²) in [7, 11) is 1.78. The third-order valence-electron chi connectivity index (χ3n) is 6.51. The van der Waals surface area contributed by atoms with E-state index in [2.05, 4.69) is 55.3 Å². The number of likely N-dealkylation sites (N-methyl/N-ethyl adjacent to an activating group) is 1. The Balaban J connectivity index is 1.30. The van der Waals surface area contributed by atoms with Crippen molar-refractivity contribution >= 4 is 21.5 Å². The molecule has 3 aromatic rings. The average Bonchev–Trinajstić information content (AvgIpc) is 3.49. The van der Waals surface area contributed by atoms with Crippen LogP contribution in [0.5, 0.6) is 0 Å². The molecular weight excluding hydrogens is 456 g/mol. The van der Waals surface area contributed by atoms with Gasteiger partial charge in [-0.2, -0.15) is 22.5 Å². The molecule has 1 fully saturated rings. The van der Waals surface area contributed by atoms with E-state index in [0.717, 1.165) is 61.0 Å². The number of aromatic nitrogens is 2. The number of thiophene rings is 1. The number of fused-ring (bicyclic) bond motifs is 3. The molecule has 176 valence electrons. The topological polar surface area (TPSA) is 84.6 Å². The van der Waals surface area contributed by atoms with Crippen LogP contribution in [-0.4, -0.2) is 80.0 Å². The van der Waals surface area contributed by atoms with Gasteiger partial charge in [0.15, 0.2) is 0 Å². The Kier molecular flexibility index (Phi) is 6.15. The number of nitrogens with one attached hydrogen (secondary N) is 2. The third-order valence-corrected chi connectivity index (χ3v) is 8.92. The number of benzene rings is 1. The SMILES string of the molecule is CN1CCN(Cc2ccc3c(c2)Cc2c(-c4csc(CNS(=O)(=O)N(C)C)c4)n[nH]c2-3)CC1. The van der Waals surface area contributed by atoms with Crippen molar-refractivity contribution < 1.29 is 8.42 Å². The molecule has 1 aliphatic heterocycles. The molecule has 0 unspecified atom stereocenters. The number of hydrogen-bond donors (Lipinski definition) is 2. The van der Waals surface area contributed by atoms with Crippen molar-refractivity contribution in [2.75, 3.05) is 47.3 Å². The van der Waals surface area contributed by atoms with E-state index in [1.54, 1.807) is 11.3 Å². The molecule has 0 saturated carbocycles. The van der Waals surface area contributed by atoms with E-state index in [-0.39, 0.29) is 6.54 Å². The fourth-order valence-corrected chi connectivity index (χ4v) is 5.97. The number of hydrogen-bond acceptors (Lipinski definition) is 6. The van der Waals surface area contributed by atoms with Crippen LogP contribution in [0, 0.1) is 0 Å². The molecule has 2 aliphatic rings. The lowest BCUT2D eigenvalue weighted by molar-refractivity contribution is 0.148. The van der Waals surface area contributed by atoms with Crippen molar-refractivity contribution in [3.8, 4) is 22.5 Å². The van der Waals surface area contributed by atoms with E-state index in [9.17, 15) is 8.42 Å². The summed E-state index contributed by atoms with van der Waals surface area (Å²) < 4.78 is 27.8. The normalized spacial score (nSPS) is 17.0. The van der Waals surface area contributed by atoms with Crippen molar-refractivity contribution in [1.29, 1.82) is 0 Å². The number of H-pyrrole nitrogens is 1. The maximum Gasteiger partial charge on any atom is 0.279 e. The molecular formula is C23H30N6O2S2. The van der Waals surface area contributed by atoms with Crippen LogP contribution >= 0.6 is 11.3 Å². The highest BCUT2D eigenvalue weighted by atomic mass is 32.2. The first-order valence-corrected chi connectivity index (χ1v) is 13.5. The molecule has 5 rings (SSSR count). The summed E-state index contributed by atoms with van der Waals surface area (Å²) in [6, 6.07) is 8.84. The van der Waals surface area contributed by atoms with E-state index < -0.39 is 10.2 Å². The quantitative estimate of drug-likeness (QED) is 0.419. The van der Waals surface area contributed by atoms with Crippen LogP contribution in [-0.2, 0) is 29.7 Å². The first kappa shape index (κ1) is 22.7. The molecule has 2 aromatic heterocycles. The Labute approximate surface area is 199 Å². The minimum atomic E-state index is -3.44. The summed E-state index contributed by atoms with van der Waals surface area (Å²) in [4.78, 5) is 5.87. The zero-order valence-electron chi connectivity index (χ0n) is 19.3. The molecule has 1 aromatic carbocycles. The van der Waals surface area contributed by atoms with Crippen molar-refractivity contribution in [2.24, 2.45) is 0 Å². The molecule has 1 saturated heterocycles. The van der Waals surface area contributed by atoms with Gasteiger partial charge in [-0.3, -0.25) is 10.00 Å². The lowest BCUT2D eigenvalue weighted by Gasteiger charge is -2.32. The molecule has 0 amide bonds. The van der Waals surface area contributed by atoms with E-state index in [4.69, 9.17) is 0 Å². The third kappa shape index (κ3) is 4.64. The van der Waals surface area contributed by atoms with Crippen LogP contribution in [0.2, 0.25) is 0 Å². The maximum atomic E-state index is 12.0. The second-order valence-corrected chi connectivity index (χ2v) is 12.0. The first-order chi connectivity index (χ1) is 15.8. The van der Waals surface area contributed by atoms with Gasteiger partial charge in [0.1, 0.15) is 0 Å². The molecule has 33 heavy (non-hydrogen) atoms. The molecule has 0 radical (unpaired) electrons. The van der Waals surface area contributed by atoms with Crippen LogP contribution in [0.15, 0.2) is 29.6 Å². The zero-order chi connectivity index (χ0) is 23.2. The highest BCUT2D eigenvalue weighted by molar-refractivity contribution is 7.87. The van der Waals surface area contributed by atoms with Gasteiger partial charge in [0.2, 0.25) is 0 Å². The van der Waals surface area contributed by atoms with Gasteiger partial charge in [0.05, 0.1) is 11.4 Å². The molecule has 10 heteroatoms. The average molecular weight is 487 g/mol. The second-order valence-electron chi connectivity index (χ2n) is 9.08. The van der Waals surface area contributed by atoms with Crippen molar-refractivity contribution in [3.63, 3.8) is 0 Å². The molecule has 1 aliphatic carbocycles.